The zero-order chi connectivity index (χ0) is 12.4. The summed E-state index contributed by atoms with van der Waals surface area (Å²) in [5.74, 6) is -1.08. The van der Waals surface area contributed by atoms with E-state index in [2.05, 4.69) is 5.32 Å². The maximum absolute atomic E-state index is 13.0. The van der Waals surface area contributed by atoms with Gasteiger partial charge in [0.1, 0.15) is 0 Å². The Morgan fingerprint density at radius 2 is 2.18 bits per heavy atom. The SMILES string of the molecule is O=C(Nc1ccc(F)c([N+](=O)[O-])c1)C1CCC1. The van der Waals surface area contributed by atoms with E-state index < -0.39 is 16.4 Å². The number of halogens is 1. The van der Waals surface area contributed by atoms with Crippen LogP contribution < -0.4 is 5.32 Å². The van der Waals surface area contributed by atoms with Crippen LogP contribution in [0.5, 0.6) is 0 Å². The van der Waals surface area contributed by atoms with Gasteiger partial charge in [-0.25, -0.2) is 0 Å². The third-order valence-corrected chi connectivity index (χ3v) is 2.89. The highest BCUT2D eigenvalue weighted by Crippen LogP contribution is 2.28. The minimum absolute atomic E-state index is 0.0147. The van der Waals surface area contributed by atoms with Crippen LogP contribution in [-0.2, 0) is 4.79 Å². The fourth-order valence-electron chi connectivity index (χ4n) is 1.65. The normalized spacial score (nSPS) is 15.1. The van der Waals surface area contributed by atoms with Crippen LogP contribution in [0, 0.1) is 21.8 Å². The summed E-state index contributed by atoms with van der Waals surface area (Å²) in [5, 5.41) is 13.1. The van der Waals surface area contributed by atoms with Crippen LogP contribution in [0.4, 0.5) is 15.8 Å². The summed E-state index contributed by atoms with van der Waals surface area (Å²) >= 11 is 0. The molecule has 0 spiro atoms. The van der Waals surface area contributed by atoms with Crippen molar-refractivity contribution in [2.24, 2.45) is 5.92 Å². The number of benzene rings is 1. The molecular formula is C11H11FN2O3. The van der Waals surface area contributed by atoms with Gasteiger partial charge in [0.2, 0.25) is 11.7 Å². The maximum Gasteiger partial charge on any atom is 0.306 e. The molecule has 2 rings (SSSR count). The monoisotopic (exact) mass is 238 g/mol. The van der Waals surface area contributed by atoms with Gasteiger partial charge in [-0.2, -0.15) is 4.39 Å². The minimum Gasteiger partial charge on any atom is -0.326 e. The molecule has 1 amide bonds. The van der Waals surface area contributed by atoms with E-state index in [1.165, 1.54) is 6.07 Å². The number of rotatable bonds is 3. The maximum atomic E-state index is 13.0. The van der Waals surface area contributed by atoms with Gasteiger partial charge in [0.05, 0.1) is 4.92 Å². The van der Waals surface area contributed by atoms with Gasteiger partial charge < -0.3 is 5.32 Å². The molecule has 0 aliphatic heterocycles. The molecule has 1 aromatic rings. The zero-order valence-electron chi connectivity index (χ0n) is 8.98. The Labute approximate surface area is 96.8 Å². The molecular weight excluding hydrogens is 227 g/mol. The topological polar surface area (TPSA) is 72.2 Å². The predicted molar refractivity (Wildman–Crippen MR) is 59.0 cm³/mol. The molecule has 0 saturated heterocycles. The Bertz CT molecular complexity index is 472. The minimum atomic E-state index is -0.906. The van der Waals surface area contributed by atoms with E-state index in [9.17, 15) is 19.3 Å². The first-order valence-corrected chi connectivity index (χ1v) is 5.33. The number of nitrogens with zero attached hydrogens (tertiary/aromatic N) is 1. The first-order chi connectivity index (χ1) is 8.08. The van der Waals surface area contributed by atoms with Crippen molar-refractivity contribution in [2.45, 2.75) is 19.3 Å². The zero-order valence-corrected chi connectivity index (χ0v) is 8.98. The molecule has 0 atom stereocenters. The van der Waals surface area contributed by atoms with Gasteiger partial charge in [-0.1, -0.05) is 6.42 Å². The molecule has 1 N–H and O–H groups in total. The Hall–Kier alpha value is -1.98. The lowest BCUT2D eigenvalue weighted by atomic mass is 9.85. The van der Waals surface area contributed by atoms with Crippen LogP contribution in [0.3, 0.4) is 0 Å². The summed E-state index contributed by atoms with van der Waals surface area (Å²) in [6.07, 6.45) is 2.71. The molecule has 1 aliphatic carbocycles. The van der Waals surface area contributed by atoms with Crippen molar-refractivity contribution in [1.29, 1.82) is 0 Å². The van der Waals surface area contributed by atoms with Crippen LogP contribution in [0.15, 0.2) is 18.2 Å². The molecule has 0 heterocycles. The molecule has 1 saturated carbocycles. The fraction of sp³-hybridized carbons (Fsp3) is 0.364. The summed E-state index contributed by atoms with van der Waals surface area (Å²) in [6, 6.07) is 3.33. The molecule has 5 nitrogen and oxygen atoms in total. The molecule has 0 unspecified atom stereocenters. The molecule has 0 bridgehead atoms. The van der Waals surface area contributed by atoms with E-state index in [0.717, 1.165) is 31.4 Å². The summed E-state index contributed by atoms with van der Waals surface area (Å²) < 4.78 is 13.0. The molecule has 0 radical (unpaired) electrons. The standard InChI is InChI=1S/C11H11FN2O3/c12-9-5-4-8(6-10(9)14(16)17)13-11(15)7-2-1-3-7/h4-7H,1-3H2,(H,13,15). The first-order valence-electron chi connectivity index (χ1n) is 5.33. The van der Waals surface area contributed by atoms with Gasteiger partial charge in [-0.05, 0) is 25.0 Å². The highest BCUT2D eigenvalue weighted by Gasteiger charge is 2.25. The van der Waals surface area contributed by atoms with E-state index in [1.807, 2.05) is 0 Å². The van der Waals surface area contributed by atoms with Crippen molar-refractivity contribution in [2.75, 3.05) is 5.32 Å². The number of carbonyl (C=O) groups is 1. The molecule has 17 heavy (non-hydrogen) atoms. The highest BCUT2D eigenvalue weighted by atomic mass is 19.1. The van der Waals surface area contributed by atoms with Crippen molar-refractivity contribution in [3.8, 4) is 0 Å². The Kier molecular flexibility index (Phi) is 3.03. The molecule has 6 heteroatoms. The van der Waals surface area contributed by atoms with Crippen LogP contribution in [0.25, 0.3) is 0 Å². The van der Waals surface area contributed by atoms with Crippen molar-refractivity contribution in [1.82, 2.24) is 0 Å². The summed E-state index contributed by atoms with van der Waals surface area (Å²) in [6.45, 7) is 0. The third kappa shape index (κ3) is 2.41. The molecule has 90 valence electrons. The average Bonchev–Trinajstić information content (AvgIpc) is 2.17. The Morgan fingerprint density at radius 3 is 2.71 bits per heavy atom. The number of nitro groups is 1. The van der Waals surface area contributed by atoms with Gasteiger partial charge in [-0.3, -0.25) is 14.9 Å². The third-order valence-electron chi connectivity index (χ3n) is 2.89. The quantitative estimate of drug-likeness (QED) is 0.649. The van der Waals surface area contributed by atoms with E-state index >= 15 is 0 Å². The number of carbonyl (C=O) groups excluding carboxylic acids is 1. The second kappa shape index (κ2) is 4.48. The Morgan fingerprint density at radius 1 is 1.47 bits per heavy atom. The smallest absolute Gasteiger partial charge is 0.306 e. The number of nitro benzene ring substituents is 1. The van der Waals surface area contributed by atoms with Crippen molar-refractivity contribution in [3.63, 3.8) is 0 Å². The molecule has 1 aliphatic rings. The molecule has 0 aromatic heterocycles. The van der Waals surface area contributed by atoms with Gasteiger partial charge in [0, 0.05) is 17.7 Å². The van der Waals surface area contributed by atoms with Crippen LogP contribution in [0.1, 0.15) is 19.3 Å². The average molecular weight is 238 g/mol. The van der Waals surface area contributed by atoms with Gasteiger partial charge in [0.15, 0.2) is 0 Å². The highest BCUT2D eigenvalue weighted by molar-refractivity contribution is 5.93. The van der Waals surface area contributed by atoms with E-state index in [-0.39, 0.29) is 17.5 Å². The van der Waals surface area contributed by atoms with Crippen LogP contribution in [0.2, 0.25) is 0 Å². The molecule has 1 fully saturated rings. The lowest BCUT2D eigenvalue weighted by Crippen LogP contribution is -2.28. The fourth-order valence-corrected chi connectivity index (χ4v) is 1.65. The summed E-state index contributed by atoms with van der Waals surface area (Å²) in [7, 11) is 0. The van der Waals surface area contributed by atoms with Gasteiger partial charge in [-0.15, -0.1) is 0 Å². The number of nitrogens with one attached hydrogen (secondary N) is 1. The number of hydrogen-bond donors (Lipinski definition) is 1. The summed E-state index contributed by atoms with van der Waals surface area (Å²) in [4.78, 5) is 21.3. The summed E-state index contributed by atoms with van der Waals surface area (Å²) in [5.41, 5.74) is -0.369. The largest absolute Gasteiger partial charge is 0.326 e. The Balaban J connectivity index is 2.13. The van der Waals surface area contributed by atoms with Gasteiger partial charge >= 0.3 is 5.69 Å². The number of anilines is 1. The van der Waals surface area contributed by atoms with Crippen molar-refractivity contribution in [3.05, 3.63) is 34.1 Å². The number of amides is 1. The van der Waals surface area contributed by atoms with E-state index in [4.69, 9.17) is 0 Å². The van der Waals surface area contributed by atoms with Crippen molar-refractivity contribution >= 4 is 17.3 Å². The second-order valence-corrected chi connectivity index (χ2v) is 4.04. The van der Waals surface area contributed by atoms with Crippen molar-refractivity contribution < 1.29 is 14.1 Å². The second-order valence-electron chi connectivity index (χ2n) is 4.04. The predicted octanol–water partition coefficient (Wildman–Crippen LogP) is 2.47. The van der Waals surface area contributed by atoms with E-state index in [1.54, 1.807) is 0 Å². The first kappa shape index (κ1) is 11.5. The van der Waals surface area contributed by atoms with Gasteiger partial charge in [0.25, 0.3) is 0 Å². The molecule has 1 aromatic carbocycles. The van der Waals surface area contributed by atoms with E-state index in [0.29, 0.717) is 0 Å². The lowest BCUT2D eigenvalue weighted by molar-refractivity contribution is -0.387. The lowest BCUT2D eigenvalue weighted by Gasteiger charge is -2.23. The van der Waals surface area contributed by atoms with Crippen LogP contribution in [-0.4, -0.2) is 10.8 Å². The van der Waals surface area contributed by atoms with Crippen LogP contribution >= 0.6 is 0 Å². The number of hydrogen-bond acceptors (Lipinski definition) is 3.